The Bertz CT molecular complexity index is 392. The van der Waals surface area contributed by atoms with Gasteiger partial charge in [-0.25, -0.2) is 0 Å². The summed E-state index contributed by atoms with van der Waals surface area (Å²) in [5.74, 6) is 0.896. The van der Waals surface area contributed by atoms with Crippen LogP contribution in [0.5, 0.6) is 5.75 Å². The quantitative estimate of drug-likeness (QED) is 0.890. The molecule has 1 aromatic rings. The Morgan fingerprint density at radius 3 is 2.89 bits per heavy atom. The van der Waals surface area contributed by atoms with Crippen molar-refractivity contribution in [2.45, 2.75) is 45.3 Å². The van der Waals surface area contributed by atoms with E-state index in [1.54, 1.807) is 7.11 Å². The van der Waals surface area contributed by atoms with Crippen molar-refractivity contribution in [3.8, 4) is 5.75 Å². The average Bonchev–Trinajstić information content (AvgIpc) is 2.41. The molecule has 1 fully saturated rings. The number of ether oxygens (including phenoxy) is 1. The maximum absolute atomic E-state index is 5.76. The summed E-state index contributed by atoms with van der Waals surface area (Å²) in [6, 6.07) is 7.06. The molecule has 2 N–H and O–H groups in total. The molecule has 3 nitrogen and oxygen atoms in total. The summed E-state index contributed by atoms with van der Waals surface area (Å²) in [5, 5.41) is 0. The third-order valence-corrected chi connectivity index (χ3v) is 3.89. The highest BCUT2D eigenvalue weighted by Gasteiger charge is 2.18. The molecule has 1 aromatic carbocycles. The number of nitrogens with two attached hydrogens (primary N) is 1. The second kappa shape index (κ2) is 6.21. The summed E-state index contributed by atoms with van der Waals surface area (Å²) >= 11 is 0. The molecule has 0 radical (unpaired) electrons. The van der Waals surface area contributed by atoms with Gasteiger partial charge in [0.25, 0.3) is 0 Å². The molecule has 1 atom stereocenters. The van der Waals surface area contributed by atoms with Crippen molar-refractivity contribution < 1.29 is 4.74 Å². The van der Waals surface area contributed by atoms with Gasteiger partial charge in [0.05, 0.1) is 7.11 Å². The molecule has 1 aliphatic heterocycles. The van der Waals surface area contributed by atoms with Gasteiger partial charge in [-0.1, -0.05) is 12.5 Å². The van der Waals surface area contributed by atoms with Crippen molar-refractivity contribution in [3.63, 3.8) is 0 Å². The zero-order valence-electron chi connectivity index (χ0n) is 11.5. The van der Waals surface area contributed by atoms with Gasteiger partial charge < -0.3 is 10.5 Å². The van der Waals surface area contributed by atoms with Crippen LogP contribution in [0.1, 0.15) is 37.3 Å². The van der Waals surface area contributed by atoms with E-state index in [9.17, 15) is 0 Å². The second-order valence-electron chi connectivity index (χ2n) is 5.17. The Kier molecular flexibility index (Phi) is 4.61. The molecule has 18 heavy (non-hydrogen) atoms. The molecular formula is C15H24N2O. The van der Waals surface area contributed by atoms with Crippen LogP contribution in [0.3, 0.4) is 0 Å². The van der Waals surface area contributed by atoms with Crippen LogP contribution in [-0.2, 0) is 13.1 Å². The van der Waals surface area contributed by atoms with Crippen LogP contribution in [0.25, 0.3) is 0 Å². The van der Waals surface area contributed by atoms with E-state index in [4.69, 9.17) is 10.5 Å². The second-order valence-corrected chi connectivity index (χ2v) is 5.17. The number of benzene rings is 1. The highest BCUT2D eigenvalue weighted by atomic mass is 16.5. The number of rotatable bonds is 4. The maximum atomic E-state index is 5.76. The van der Waals surface area contributed by atoms with E-state index < -0.39 is 0 Å². The van der Waals surface area contributed by atoms with E-state index in [0.717, 1.165) is 17.9 Å². The Labute approximate surface area is 110 Å². The minimum absolute atomic E-state index is 0.534. The topological polar surface area (TPSA) is 38.5 Å². The molecule has 1 saturated heterocycles. The first kappa shape index (κ1) is 13.4. The van der Waals surface area contributed by atoms with Gasteiger partial charge >= 0.3 is 0 Å². The van der Waals surface area contributed by atoms with Gasteiger partial charge in [-0.3, -0.25) is 4.90 Å². The monoisotopic (exact) mass is 248 g/mol. The van der Waals surface area contributed by atoms with Crippen LogP contribution in [0, 0.1) is 0 Å². The average molecular weight is 248 g/mol. The number of hydrogen-bond acceptors (Lipinski definition) is 3. The van der Waals surface area contributed by atoms with Crippen LogP contribution < -0.4 is 10.5 Å². The van der Waals surface area contributed by atoms with Crippen molar-refractivity contribution >= 4 is 0 Å². The third kappa shape index (κ3) is 3.03. The molecule has 0 spiro atoms. The van der Waals surface area contributed by atoms with E-state index in [-0.39, 0.29) is 0 Å². The molecular weight excluding hydrogens is 224 g/mol. The zero-order chi connectivity index (χ0) is 13.0. The van der Waals surface area contributed by atoms with Crippen LogP contribution in [0.2, 0.25) is 0 Å². The SMILES string of the molecule is COc1ccc(CN2CCCCC2C)cc1CN. The summed E-state index contributed by atoms with van der Waals surface area (Å²) in [7, 11) is 1.70. The first-order chi connectivity index (χ1) is 8.74. The standard InChI is InChI=1S/C15H24N2O/c1-12-5-3-4-8-17(12)11-13-6-7-15(18-2)14(9-13)10-16/h6-7,9,12H,3-5,8,10-11,16H2,1-2H3. The Morgan fingerprint density at radius 1 is 1.39 bits per heavy atom. The normalized spacial score (nSPS) is 20.9. The van der Waals surface area contributed by atoms with E-state index in [2.05, 4.69) is 24.0 Å². The van der Waals surface area contributed by atoms with Crippen molar-refractivity contribution in [2.75, 3.05) is 13.7 Å². The van der Waals surface area contributed by atoms with Crippen LogP contribution in [-0.4, -0.2) is 24.6 Å². The van der Waals surface area contributed by atoms with Crippen LogP contribution >= 0.6 is 0 Å². The van der Waals surface area contributed by atoms with Gasteiger partial charge in [-0.05, 0) is 44.0 Å². The molecule has 0 saturated carbocycles. The Hall–Kier alpha value is -1.06. The highest BCUT2D eigenvalue weighted by Crippen LogP contribution is 2.23. The van der Waals surface area contributed by atoms with Crippen LogP contribution in [0.4, 0.5) is 0 Å². The molecule has 1 aliphatic rings. The number of piperidine rings is 1. The number of methoxy groups -OCH3 is 1. The van der Waals surface area contributed by atoms with Gasteiger partial charge in [0, 0.05) is 24.7 Å². The van der Waals surface area contributed by atoms with Gasteiger partial charge in [0.15, 0.2) is 0 Å². The van der Waals surface area contributed by atoms with E-state index in [1.807, 2.05) is 6.07 Å². The van der Waals surface area contributed by atoms with Gasteiger partial charge in [0.1, 0.15) is 5.75 Å². The minimum atomic E-state index is 0.534. The van der Waals surface area contributed by atoms with Gasteiger partial charge in [-0.15, -0.1) is 0 Å². The molecule has 0 aliphatic carbocycles. The van der Waals surface area contributed by atoms with E-state index in [1.165, 1.54) is 31.4 Å². The number of likely N-dealkylation sites (tertiary alicyclic amines) is 1. The fourth-order valence-electron chi connectivity index (χ4n) is 2.72. The molecule has 0 aromatic heterocycles. The predicted molar refractivity (Wildman–Crippen MR) is 74.6 cm³/mol. The first-order valence-corrected chi connectivity index (χ1v) is 6.84. The fourth-order valence-corrected chi connectivity index (χ4v) is 2.72. The van der Waals surface area contributed by atoms with E-state index in [0.29, 0.717) is 12.6 Å². The molecule has 1 heterocycles. The first-order valence-electron chi connectivity index (χ1n) is 6.84. The molecule has 1 unspecified atom stereocenters. The number of hydrogen-bond donors (Lipinski definition) is 1. The minimum Gasteiger partial charge on any atom is -0.496 e. The van der Waals surface area contributed by atoms with Gasteiger partial charge in [-0.2, -0.15) is 0 Å². The summed E-state index contributed by atoms with van der Waals surface area (Å²) < 4.78 is 5.31. The highest BCUT2D eigenvalue weighted by molar-refractivity contribution is 5.37. The third-order valence-electron chi connectivity index (χ3n) is 3.89. The van der Waals surface area contributed by atoms with Crippen LogP contribution in [0.15, 0.2) is 18.2 Å². The Morgan fingerprint density at radius 2 is 2.22 bits per heavy atom. The van der Waals surface area contributed by atoms with E-state index >= 15 is 0 Å². The molecule has 100 valence electrons. The summed E-state index contributed by atoms with van der Waals surface area (Å²) in [6.07, 6.45) is 4.01. The number of nitrogens with zero attached hydrogens (tertiary/aromatic N) is 1. The zero-order valence-corrected chi connectivity index (χ0v) is 11.5. The smallest absolute Gasteiger partial charge is 0.123 e. The molecule has 2 rings (SSSR count). The largest absolute Gasteiger partial charge is 0.496 e. The summed E-state index contributed by atoms with van der Waals surface area (Å²) in [5.41, 5.74) is 8.20. The van der Waals surface area contributed by atoms with Crippen molar-refractivity contribution in [1.29, 1.82) is 0 Å². The molecule has 3 heteroatoms. The molecule has 0 bridgehead atoms. The maximum Gasteiger partial charge on any atom is 0.123 e. The predicted octanol–water partition coefficient (Wildman–Crippen LogP) is 2.53. The van der Waals surface area contributed by atoms with Crippen molar-refractivity contribution in [3.05, 3.63) is 29.3 Å². The molecule has 0 amide bonds. The lowest BCUT2D eigenvalue weighted by atomic mass is 10.0. The van der Waals surface area contributed by atoms with Gasteiger partial charge in [0.2, 0.25) is 0 Å². The summed E-state index contributed by atoms with van der Waals surface area (Å²) in [6.45, 7) is 5.10. The summed E-state index contributed by atoms with van der Waals surface area (Å²) in [4.78, 5) is 2.56. The van der Waals surface area contributed by atoms with Crippen molar-refractivity contribution in [2.24, 2.45) is 5.73 Å². The Balaban J connectivity index is 2.08. The lowest BCUT2D eigenvalue weighted by Crippen LogP contribution is -2.36. The lowest BCUT2D eigenvalue weighted by molar-refractivity contribution is 0.152. The van der Waals surface area contributed by atoms with Crippen molar-refractivity contribution in [1.82, 2.24) is 4.90 Å². The lowest BCUT2D eigenvalue weighted by Gasteiger charge is -2.33. The fraction of sp³-hybridized carbons (Fsp3) is 0.600.